The van der Waals surface area contributed by atoms with Gasteiger partial charge < -0.3 is 85.2 Å². The number of ether oxygens (including phenoxy) is 5. The fourth-order valence-corrected chi connectivity index (χ4v) is 17.8. The molecule has 9 rings (SSSR count). The van der Waals surface area contributed by atoms with Gasteiger partial charge in [-0.3, -0.25) is 56.0 Å². The van der Waals surface area contributed by atoms with Crippen LogP contribution >= 0.6 is 38.4 Å². The molecule has 0 aromatic carbocycles. The number of methoxy groups -OCH3 is 2. The molecule has 0 radical (unpaired) electrons. The summed E-state index contributed by atoms with van der Waals surface area (Å²) in [6, 6.07) is 0. The van der Waals surface area contributed by atoms with Crippen molar-refractivity contribution in [2.75, 3.05) is 63.8 Å². The number of phosphoric acid groups is 2. The van der Waals surface area contributed by atoms with Crippen LogP contribution in [0.3, 0.4) is 0 Å². The highest BCUT2D eigenvalue weighted by atomic mass is 31.3. The van der Waals surface area contributed by atoms with Crippen LogP contribution in [0.5, 0.6) is 0 Å². The van der Waals surface area contributed by atoms with Gasteiger partial charge in [0.25, 0.3) is 17.1 Å². The lowest BCUT2D eigenvalue weighted by Crippen LogP contribution is -2.45. The van der Waals surface area contributed by atoms with Gasteiger partial charge in [0.15, 0.2) is 47.3 Å². The number of nitrogen functional groups attached to an aromatic ring is 3. The van der Waals surface area contributed by atoms with E-state index in [0.29, 0.717) is 0 Å². The van der Waals surface area contributed by atoms with Gasteiger partial charge in [0.1, 0.15) is 54.1 Å². The normalized spacial score (nSPS) is 30.1. The lowest BCUT2D eigenvalue weighted by molar-refractivity contribution is -0.745. The van der Waals surface area contributed by atoms with Gasteiger partial charge in [-0.05, 0) is 0 Å². The molecule has 3 aliphatic heterocycles. The Morgan fingerprint density at radius 2 is 1.27 bits per heavy atom. The third-order valence-corrected chi connectivity index (χ3v) is 22.1. The molecule has 0 saturated carbocycles. The van der Waals surface area contributed by atoms with Crippen LogP contribution < -0.4 is 32.9 Å². The average Bonchev–Trinajstić information content (AvgIpc) is 4.21. The highest BCUT2D eigenvalue weighted by Crippen LogP contribution is 2.70. The van der Waals surface area contributed by atoms with E-state index in [1.165, 1.54) is 34.2 Å². The third kappa shape index (κ3) is 12.0. The largest absolute Gasteiger partial charge is 0.479 e. The number of nitrogens with two attached hydrogens (primary N) is 3. The summed E-state index contributed by atoms with van der Waals surface area (Å²) >= 11 is 0. The Morgan fingerprint density at radius 3 is 1.93 bits per heavy atom. The van der Waals surface area contributed by atoms with E-state index >= 15 is 0 Å². The number of aromatic amines is 2. The van der Waals surface area contributed by atoms with Gasteiger partial charge >= 0.3 is 44.1 Å². The van der Waals surface area contributed by atoms with E-state index in [4.69, 9.17) is 54.5 Å². The molecule has 440 valence electrons. The molecule has 0 amide bonds. The van der Waals surface area contributed by atoms with Crippen molar-refractivity contribution < 1.29 is 113 Å². The third-order valence-electron chi connectivity index (χ3n) is 12.7. The Morgan fingerprint density at radius 1 is 0.688 bits per heavy atom. The number of aliphatic hydroxyl groups excluding tert-OH is 3. The number of aliphatic hydroxyl groups is 3. The Hall–Kier alpha value is -4.92. The predicted molar refractivity (Wildman–Crippen MR) is 262 cm³/mol. The number of aryl methyl sites for hydroxylation is 1. The number of rotatable bonds is 22. The van der Waals surface area contributed by atoms with Crippen molar-refractivity contribution >= 4 is 89.6 Å². The lowest BCUT2D eigenvalue weighted by atomic mass is 9.99. The maximum Gasteiger partial charge on any atom is 0.479 e. The Bertz CT molecular complexity index is 3690. The Balaban J connectivity index is 0.868. The minimum Gasteiger partial charge on any atom is -0.387 e. The zero-order chi connectivity index (χ0) is 58.2. The van der Waals surface area contributed by atoms with Crippen LogP contribution in [0.2, 0.25) is 0 Å². The molecular weight excluding hydrogens is 1190 g/mol. The van der Waals surface area contributed by atoms with Crippen molar-refractivity contribution in [1.29, 1.82) is 0 Å². The van der Waals surface area contributed by atoms with E-state index in [2.05, 4.69) is 48.5 Å². The average molecular weight is 1240 g/mol. The Kier molecular flexibility index (Phi) is 16.7. The van der Waals surface area contributed by atoms with E-state index in [0.717, 1.165) is 30.7 Å². The second-order valence-electron chi connectivity index (χ2n) is 18.1. The quantitative estimate of drug-likeness (QED) is 0.0232. The summed E-state index contributed by atoms with van der Waals surface area (Å²) in [5, 5.41) is 33.2. The first-order valence-electron chi connectivity index (χ1n) is 22.9. The standard InChI is InChI=1S/C35H50N15O25P5/c1-47-11-50(28-19(47)30(55)46-35(38)44-28)31-20(51)13(4-66-2)14(71-31)5-69-79(62,63)74-76(56,57)12-77(58,59)75-80(64,65)70-7-16-24(23(67-3)33(73-16)48-9-41-17-25(36)39-8-40-26(17)48)78(60,61)68-6-15-21(52)22(53)32(72-15)49-10-42-18-27(49)43-34(37)45-29(18)54/h8-11,13-16,20-24,31-33,51-53H,4-7,12H2,1-3H3,(H12-,36,37,38,39,40,43,44,45,46,54,55,56,57,58,59,60,61,62,63,64,65)/p+1/t13-,14-,15-,16-,20-,21-,22-,23-,24-,31-,32-,33-/m1/s1. The number of aromatic nitrogens is 12. The van der Waals surface area contributed by atoms with Crippen molar-refractivity contribution in [2.24, 2.45) is 13.0 Å². The molecule has 17 atom stereocenters. The summed E-state index contributed by atoms with van der Waals surface area (Å²) in [6.07, 6.45) is -11.5. The van der Waals surface area contributed by atoms with Gasteiger partial charge in [-0.25, -0.2) is 42.3 Å². The minimum atomic E-state index is -6.00. The van der Waals surface area contributed by atoms with Crippen LogP contribution in [-0.2, 0) is 75.7 Å². The SMILES string of the molecule is COC[C@H]1[C@@H](O)[C@H]([n+]2cn(C)c3c(=O)[nH]c(N)nc32)O[C@@H]1COP(=O)(O)OP(=O)(O)CP(=O)(O)OP(=O)(O)OC[C@H]1O[C@@H](n2cnc3c(N)ncnc32)[C@H](OC)[C@@H]1P(=O)(O)OC[C@H]1O[C@@H](n2cnc3c(=O)[nH]c(N)nc32)[C@H](O)[C@@H]1O. The fourth-order valence-electron chi connectivity index (χ4n) is 9.30. The van der Waals surface area contributed by atoms with Crippen molar-refractivity contribution in [2.45, 2.75) is 67.1 Å². The van der Waals surface area contributed by atoms with Crippen LogP contribution in [0.25, 0.3) is 33.5 Å². The lowest BCUT2D eigenvalue weighted by Gasteiger charge is -2.28. The molecule has 6 aromatic rings. The molecule has 6 aromatic heterocycles. The number of hydrogen-bond donors (Lipinski definition) is 13. The second kappa shape index (κ2) is 22.3. The number of anilines is 3. The topological polar surface area (TPSA) is 579 Å². The number of fused-ring (bicyclic) bond motifs is 3. The van der Waals surface area contributed by atoms with Crippen molar-refractivity contribution in [1.82, 2.24) is 53.6 Å². The summed E-state index contributed by atoms with van der Waals surface area (Å²) in [7, 11) is -25.1. The zero-order valence-corrected chi connectivity index (χ0v) is 45.7. The number of hydrogen-bond acceptors (Lipinski definition) is 29. The highest BCUT2D eigenvalue weighted by molar-refractivity contribution is 7.76. The van der Waals surface area contributed by atoms with E-state index in [1.807, 2.05) is 0 Å². The first kappa shape index (κ1) is 59.7. The van der Waals surface area contributed by atoms with Crippen molar-refractivity contribution in [3.05, 3.63) is 46.0 Å². The number of phosphoric ester groups is 2. The van der Waals surface area contributed by atoms with E-state index in [9.17, 15) is 72.2 Å². The predicted octanol–water partition coefficient (Wildman–Crippen LogP) is -3.51. The molecule has 16 N–H and O–H groups in total. The van der Waals surface area contributed by atoms with Gasteiger partial charge in [0, 0.05) is 20.1 Å². The molecule has 5 unspecified atom stereocenters. The van der Waals surface area contributed by atoms with Gasteiger partial charge in [0.2, 0.25) is 17.7 Å². The van der Waals surface area contributed by atoms with Crippen LogP contribution in [0, 0.1) is 5.92 Å². The van der Waals surface area contributed by atoms with Crippen LogP contribution in [0.15, 0.2) is 34.9 Å². The molecule has 40 nitrogen and oxygen atoms in total. The summed E-state index contributed by atoms with van der Waals surface area (Å²) < 4.78 is 125. The maximum atomic E-state index is 14.4. The fraction of sp³-hybridized carbons (Fsp3) is 0.571. The van der Waals surface area contributed by atoms with E-state index < -0.39 is 148 Å². The first-order chi connectivity index (χ1) is 37.4. The van der Waals surface area contributed by atoms with Gasteiger partial charge in [-0.1, -0.05) is 4.98 Å². The summed E-state index contributed by atoms with van der Waals surface area (Å²) in [6.45, 7) is -3.55. The molecule has 45 heteroatoms. The van der Waals surface area contributed by atoms with Crippen LogP contribution in [-0.4, -0.2) is 188 Å². The minimum absolute atomic E-state index is 0.0217. The number of nitrogens with zero attached hydrogens (tertiary/aromatic N) is 10. The molecule has 3 saturated heterocycles. The summed E-state index contributed by atoms with van der Waals surface area (Å²) in [5.41, 5.74) is 13.6. The highest BCUT2D eigenvalue weighted by Gasteiger charge is 2.58. The van der Waals surface area contributed by atoms with Crippen LogP contribution in [0.4, 0.5) is 17.7 Å². The monoisotopic (exact) mass is 1240 g/mol. The zero-order valence-electron chi connectivity index (χ0n) is 41.2. The van der Waals surface area contributed by atoms with E-state index in [-0.39, 0.29) is 57.8 Å². The summed E-state index contributed by atoms with van der Waals surface area (Å²) in [5.74, 6) is -3.93. The molecule has 3 aliphatic rings. The number of nitrogens with one attached hydrogen (secondary N) is 2. The molecule has 80 heavy (non-hydrogen) atoms. The van der Waals surface area contributed by atoms with Gasteiger partial charge in [-0.2, -0.15) is 4.98 Å². The Labute approximate surface area is 445 Å². The van der Waals surface area contributed by atoms with Crippen LogP contribution in [0.1, 0.15) is 18.7 Å². The van der Waals surface area contributed by atoms with E-state index in [1.54, 1.807) is 0 Å². The maximum absolute atomic E-state index is 14.4. The summed E-state index contributed by atoms with van der Waals surface area (Å²) in [4.78, 5) is 108. The molecule has 3 fully saturated rings. The number of H-pyrrole nitrogens is 2. The second-order valence-corrected chi connectivity index (χ2v) is 27.4. The first-order valence-corrected chi connectivity index (χ1v) is 31.0. The molecule has 0 aliphatic carbocycles. The molecule has 0 bridgehead atoms. The molecule has 0 spiro atoms. The smallest absolute Gasteiger partial charge is 0.387 e. The van der Waals surface area contributed by atoms with Gasteiger partial charge in [0.05, 0.1) is 52.2 Å². The molecule has 9 heterocycles. The van der Waals surface area contributed by atoms with Crippen molar-refractivity contribution in [3.8, 4) is 0 Å². The van der Waals surface area contributed by atoms with Gasteiger partial charge in [-0.15, -0.1) is 0 Å². The van der Waals surface area contributed by atoms with Crippen molar-refractivity contribution in [3.63, 3.8) is 0 Å². The number of imidazole rings is 3. The molecular formula is C35H51N15O25P5+.